The van der Waals surface area contributed by atoms with E-state index in [0.29, 0.717) is 13.1 Å². The number of hydrogen-bond donors (Lipinski definition) is 0. The lowest BCUT2D eigenvalue weighted by atomic mass is 9.75. The van der Waals surface area contributed by atoms with Gasteiger partial charge in [-0.2, -0.15) is 13.2 Å². The Labute approximate surface area is 109 Å². The van der Waals surface area contributed by atoms with E-state index in [1.807, 2.05) is 0 Å². The Balaban J connectivity index is 2.18. The van der Waals surface area contributed by atoms with Crippen LogP contribution in [0, 0.1) is 5.41 Å². The quantitative estimate of drug-likeness (QED) is 0.727. The maximum atomic E-state index is 13.3. The van der Waals surface area contributed by atoms with Gasteiger partial charge in [0.25, 0.3) is 0 Å². The molecule has 0 aromatic rings. The summed E-state index contributed by atoms with van der Waals surface area (Å²) in [6.45, 7) is 2.14. The standard InChI is InChI=1S/C12H17F3N2O2/c1-9(18)16-7-3-11(4-8-16,12(13,14)15)10(19)17-5-2-6-17/h2-8H2,1H3. The van der Waals surface area contributed by atoms with Gasteiger partial charge in [0.15, 0.2) is 0 Å². The summed E-state index contributed by atoms with van der Waals surface area (Å²) in [4.78, 5) is 26.0. The van der Waals surface area contributed by atoms with Gasteiger partial charge in [-0.1, -0.05) is 0 Å². The number of amides is 2. The molecule has 2 saturated heterocycles. The smallest absolute Gasteiger partial charge is 0.343 e. The molecule has 2 rings (SSSR count). The zero-order valence-corrected chi connectivity index (χ0v) is 10.8. The summed E-state index contributed by atoms with van der Waals surface area (Å²) in [6, 6.07) is 0. The number of halogens is 3. The van der Waals surface area contributed by atoms with Crippen molar-refractivity contribution in [2.75, 3.05) is 26.2 Å². The van der Waals surface area contributed by atoms with Gasteiger partial charge < -0.3 is 9.80 Å². The van der Waals surface area contributed by atoms with Crippen LogP contribution >= 0.6 is 0 Å². The van der Waals surface area contributed by atoms with E-state index in [4.69, 9.17) is 0 Å². The van der Waals surface area contributed by atoms with Gasteiger partial charge in [-0.15, -0.1) is 0 Å². The minimum atomic E-state index is -4.55. The fraction of sp³-hybridized carbons (Fsp3) is 0.833. The zero-order chi connectivity index (χ0) is 14.3. The minimum absolute atomic E-state index is 0.00553. The van der Waals surface area contributed by atoms with Gasteiger partial charge in [0.05, 0.1) is 0 Å². The summed E-state index contributed by atoms with van der Waals surface area (Å²) in [7, 11) is 0. The maximum absolute atomic E-state index is 13.3. The first kappa shape index (κ1) is 14.1. The van der Waals surface area contributed by atoms with Gasteiger partial charge in [0.2, 0.25) is 11.8 Å². The lowest BCUT2D eigenvalue weighted by molar-refractivity contribution is -0.239. The summed E-state index contributed by atoms with van der Waals surface area (Å²) in [5.74, 6) is -1.05. The molecule has 0 N–H and O–H groups in total. The van der Waals surface area contributed by atoms with Crippen LogP contribution in [0.1, 0.15) is 26.2 Å². The molecule has 2 aliphatic rings. The lowest BCUT2D eigenvalue weighted by Gasteiger charge is -2.45. The normalized spacial score (nSPS) is 22.9. The summed E-state index contributed by atoms with van der Waals surface area (Å²) in [6.07, 6.45) is -4.45. The minimum Gasteiger partial charge on any atom is -0.343 e. The molecule has 0 radical (unpaired) electrons. The van der Waals surface area contributed by atoms with Gasteiger partial charge in [-0.05, 0) is 19.3 Å². The van der Waals surface area contributed by atoms with Crippen LogP contribution in [-0.4, -0.2) is 54.0 Å². The van der Waals surface area contributed by atoms with Gasteiger partial charge in [-0.3, -0.25) is 9.59 Å². The Hall–Kier alpha value is -1.27. The second kappa shape index (κ2) is 4.68. The van der Waals surface area contributed by atoms with E-state index in [2.05, 4.69) is 0 Å². The highest BCUT2D eigenvalue weighted by molar-refractivity contribution is 5.85. The molecule has 0 aromatic carbocycles. The summed E-state index contributed by atoms with van der Waals surface area (Å²) < 4.78 is 40.0. The molecular weight excluding hydrogens is 261 g/mol. The number of hydrogen-bond acceptors (Lipinski definition) is 2. The van der Waals surface area contributed by atoms with Crippen molar-refractivity contribution in [3.8, 4) is 0 Å². The first-order chi connectivity index (χ1) is 8.78. The molecule has 0 bridgehead atoms. The Morgan fingerprint density at radius 1 is 1.00 bits per heavy atom. The van der Waals surface area contributed by atoms with Gasteiger partial charge in [0, 0.05) is 33.1 Å². The number of carbonyl (C=O) groups excluding carboxylic acids is 2. The van der Waals surface area contributed by atoms with E-state index < -0.39 is 17.5 Å². The highest BCUT2D eigenvalue weighted by Crippen LogP contribution is 2.48. The average molecular weight is 278 g/mol. The average Bonchev–Trinajstić information content (AvgIpc) is 2.25. The van der Waals surface area contributed by atoms with E-state index >= 15 is 0 Å². The third kappa shape index (κ3) is 2.30. The molecule has 7 heteroatoms. The molecule has 2 heterocycles. The van der Waals surface area contributed by atoms with Crippen molar-refractivity contribution in [3.63, 3.8) is 0 Å². The van der Waals surface area contributed by atoms with Crippen molar-refractivity contribution in [1.29, 1.82) is 0 Å². The summed E-state index contributed by atoms with van der Waals surface area (Å²) in [5, 5.41) is 0. The maximum Gasteiger partial charge on any atom is 0.403 e. The number of piperidine rings is 1. The lowest BCUT2D eigenvalue weighted by Crippen LogP contribution is -2.60. The Bertz CT molecular complexity index is 383. The fourth-order valence-corrected chi connectivity index (χ4v) is 2.64. The van der Waals surface area contributed by atoms with E-state index in [0.717, 1.165) is 6.42 Å². The number of rotatable bonds is 1. The van der Waals surface area contributed by atoms with Crippen molar-refractivity contribution < 1.29 is 22.8 Å². The second-order valence-electron chi connectivity index (χ2n) is 5.23. The summed E-state index contributed by atoms with van der Waals surface area (Å²) in [5.41, 5.74) is -2.29. The van der Waals surface area contributed by atoms with E-state index in [-0.39, 0.29) is 31.8 Å². The topological polar surface area (TPSA) is 40.6 Å². The monoisotopic (exact) mass is 278 g/mol. The molecule has 0 atom stereocenters. The predicted molar refractivity (Wildman–Crippen MR) is 61.2 cm³/mol. The van der Waals surface area contributed by atoms with Crippen molar-refractivity contribution in [1.82, 2.24) is 9.80 Å². The molecular formula is C12H17F3N2O2. The molecule has 2 fully saturated rings. The molecule has 0 saturated carbocycles. The van der Waals surface area contributed by atoms with Crippen LogP contribution in [0.3, 0.4) is 0 Å². The number of alkyl halides is 3. The Morgan fingerprint density at radius 2 is 1.53 bits per heavy atom. The molecule has 0 spiro atoms. The van der Waals surface area contributed by atoms with Crippen LogP contribution in [0.4, 0.5) is 13.2 Å². The largest absolute Gasteiger partial charge is 0.403 e. The first-order valence-corrected chi connectivity index (χ1v) is 6.39. The highest BCUT2D eigenvalue weighted by atomic mass is 19.4. The van der Waals surface area contributed by atoms with Crippen LogP contribution in [0.5, 0.6) is 0 Å². The van der Waals surface area contributed by atoms with Crippen molar-refractivity contribution >= 4 is 11.8 Å². The van der Waals surface area contributed by atoms with Crippen LogP contribution < -0.4 is 0 Å². The predicted octanol–water partition coefficient (Wildman–Crippen LogP) is 1.41. The molecule has 4 nitrogen and oxygen atoms in total. The van der Waals surface area contributed by atoms with Crippen molar-refractivity contribution in [3.05, 3.63) is 0 Å². The first-order valence-electron chi connectivity index (χ1n) is 6.39. The van der Waals surface area contributed by atoms with Crippen molar-refractivity contribution in [2.24, 2.45) is 5.41 Å². The van der Waals surface area contributed by atoms with Gasteiger partial charge in [-0.25, -0.2) is 0 Å². The molecule has 0 aromatic heterocycles. The second-order valence-corrected chi connectivity index (χ2v) is 5.23. The van der Waals surface area contributed by atoms with Crippen LogP contribution in [-0.2, 0) is 9.59 Å². The number of carbonyl (C=O) groups is 2. The van der Waals surface area contributed by atoms with Crippen molar-refractivity contribution in [2.45, 2.75) is 32.4 Å². The third-order valence-electron chi connectivity index (χ3n) is 4.16. The Morgan fingerprint density at radius 3 is 1.84 bits per heavy atom. The number of nitrogens with zero attached hydrogens (tertiary/aromatic N) is 2. The van der Waals surface area contributed by atoms with Gasteiger partial charge in [0.1, 0.15) is 5.41 Å². The third-order valence-corrected chi connectivity index (χ3v) is 4.16. The number of likely N-dealkylation sites (tertiary alicyclic amines) is 2. The van der Waals surface area contributed by atoms with Crippen LogP contribution in [0.15, 0.2) is 0 Å². The molecule has 2 aliphatic heterocycles. The molecule has 108 valence electrons. The molecule has 0 unspecified atom stereocenters. The zero-order valence-electron chi connectivity index (χ0n) is 10.8. The Kier molecular flexibility index (Phi) is 3.49. The summed E-state index contributed by atoms with van der Waals surface area (Å²) >= 11 is 0. The molecule has 2 amide bonds. The molecule has 0 aliphatic carbocycles. The van der Waals surface area contributed by atoms with Crippen LogP contribution in [0.25, 0.3) is 0 Å². The highest BCUT2D eigenvalue weighted by Gasteiger charge is 2.62. The van der Waals surface area contributed by atoms with Crippen LogP contribution in [0.2, 0.25) is 0 Å². The van der Waals surface area contributed by atoms with E-state index in [9.17, 15) is 22.8 Å². The van der Waals surface area contributed by atoms with E-state index in [1.165, 1.54) is 16.7 Å². The molecule has 19 heavy (non-hydrogen) atoms. The fourth-order valence-electron chi connectivity index (χ4n) is 2.64. The SMILES string of the molecule is CC(=O)N1CCC(C(=O)N2CCC2)(C(F)(F)F)CC1. The van der Waals surface area contributed by atoms with E-state index in [1.54, 1.807) is 0 Å². The van der Waals surface area contributed by atoms with Gasteiger partial charge >= 0.3 is 6.18 Å².